The van der Waals surface area contributed by atoms with Crippen LogP contribution in [0.5, 0.6) is 0 Å². The van der Waals surface area contributed by atoms with Gasteiger partial charge < -0.3 is 10.2 Å². The van der Waals surface area contributed by atoms with Crippen LogP contribution in [0.1, 0.15) is 36.3 Å². The zero-order chi connectivity index (χ0) is 23.5. The molecule has 8 heteroatoms. The first-order valence-corrected chi connectivity index (χ1v) is 12.4. The van der Waals surface area contributed by atoms with Crippen LogP contribution in [0.3, 0.4) is 0 Å². The van der Waals surface area contributed by atoms with E-state index >= 15 is 0 Å². The van der Waals surface area contributed by atoms with Gasteiger partial charge in [0, 0.05) is 18.0 Å². The zero-order valence-electron chi connectivity index (χ0n) is 19.4. The molecule has 4 aromatic rings. The summed E-state index contributed by atoms with van der Waals surface area (Å²) in [5.41, 5.74) is 4.69. The lowest BCUT2D eigenvalue weighted by molar-refractivity contribution is -0.117. The highest BCUT2D eigenvalue weighted by Gasteiger charge is 2.20. The second-order valence-electron chi connectivity index (χ2n) is 8.89. The summed E-state index contributed by atoms with van der Waals surface area (Å²) < 4.78 is 0. The Bertz CT molecular complexity index is 1320. The van der Waals surface area contributed by atoms with E-state index in [0.717, 1.165) is 64.4 Å². The number of amides is 1. The third-order valence-corrected chi connectivity index (χ3v) is 7.43. The van der Waals surface area contributed by atoms with Crippen LogP contribution in [-0.4, -0.2) is 51.1 Å². The van der Waals surface area contributed by atoms with E-state index in [4.69, 9.17) is 0 Å². The van der Waals surface area contributed by atoms with E-state index in [9.17, 15) is 4.79 Å². The molecule has 0 unspecified atom stereocenters. The summed E-state index contributed by atoms with van der Waals surface area (Å²) in [7, 11) is 2.14. The van der Waals surface area contributed by atoms with Gasteiger partial charge >= 0.3 is 0 Å². The molecule has 2 N–H and O–H groups in total. The quantitative estimate of drug-likeness (QED) is 0.401. The van der Waals surface area contributed by atoms with Crippen molar-refractivity contribution < 1.29 is 4.79 Å². The Hall–Kier alpha value is -3.36. The molecule has 0 radical (unpaired) electrons. The minimum Gasteiger partial charge on any atom is -0.306 e. The molecule has 174 valence electrons. The molecule has 1 fully saturated rings. The summed E-state index contributed by atoms with van der Waals surface area (Å²) in [6, 6.07) is 12.1. The van der Waals surface area contributed by atoms with Crippen molar-refractivity contribution in [2.75, 3.05) is 25.5 Å². The third kappa shape index (κ3) is 5.08. The molecule has 7 nitrogen and oxygen atoms in total. The number of anilines is 1. The first-order valence-electron chi connectivity index (χ1n) is 11.6. The maximum atomic E-state index is 12.6. The number of hydrogen-bond donors (Lipinski definition) is 2. The lowest BCUT2D eigenvalue weighted by atomic mass is 9.93. The molecule has 1 aliphatic rings. The van der Waals surface area contributed by atoms with Crippen molar-refractivity contribution in [2.45, 2.75) is 26.2 Å². The number of hydrogen-bond acceptors (Lipinski definition) is 6. The number of likely N-dealkylation sites (tertiary alicyclic amines) is 1. The van der Waals surface area contributed by atoms with E-state index in [1.165, 1.54) is 11.3 Å². The summed E-state index contributed by atoms with van der Waals surface area (Å²) in [5.74, 6) is 0.517. The number of H-pyrrole nitrogens is 1. The van der Waals surface area contributed by atoms with Crippen molar-refractivity contribution in [3.8, 4) is 10.4 Å². The number of aromatic amines is 1. The van der Waals surface area contributed by atoms with Gasteiger partial charge in [0.1, 0.15) is 0 Å². The van der Waals surface area contributed by atoms with Gasteiger partial charge in [0.25, 0.3) is 0 Å². The van der Waals surface area contributed by atoms with Crippen LogP contribution in [0.15, 0.2) is 42.6 Å². The Kier molecular flexibility index (Phi) is 6.51. The van der Waals surface area contributed by atoms with Crippen molar-refractivity contribution in [2.24, 2.45) is 5.92 Å². The fraction of sp³-hybridized carbons (Fsp3) is 0.308. The molecule has 0 spiro atoms. The monoisotopic (exact) mass is 472 g/mol. The number of aryl methyl sites for hydroxylation is 1. The predicted molar refractivity (Wildman–Crippen MR) is 139 cm³/mol. The smallest absolute Gasteiger partial charge is 0.226 e. The van der Waals surface area contributed by atoms with Gasteiger partial charge in [-0.15, -0.1) is 0 Å². The Morgan fingerprint density at radius 2 is 2.09 bits per heavy atom. The summed E-state index contributed by atoms with van der Waals surface area (Å²) in [6.07, 6.45) is 8.42. The van der Waals surface area contributed by atoms with E-state index in [0.29, 0.717) is 17.5 Å². The molecule has 1 amide bonds. The van der Waals surface area contributed by atoms with Crippen LogP contribution in [0.4, 0.5) is 5.13 Å². The van der Waals surface area contributed by atoms with Crippen LogP contribution >= 0.6 is 11.3 Å². The first kappa shape index (κ1) is 22.4. The fourth-order valence-corrected chi connectivity index (χ4v) is 5.34. The Morgan fingerprint density at radius 3 is 2.88 bits per heavy atom. The summed E-state index contributed by atoms with van der Waals surface area (Å²) in [6.45, 7) is 4.11. The Balaban J connectivity index is 1.29. The number of benzene rings is 1. The number of rotatable bonds is 6. The number of pyridine rings is 1. The molecule has 0 bridgehead atoms. The lowest BCUT2D eigenvalue weighted by Gasteiger charge is -2.28. The van der Waals surface area contributed by atoms with E-state index in [2.05, 4.69) is 55.6 Å². The Labute approximate surface area is 202 Å². The van der Waals surface area contributed by atoms with Crippen molar-refractivity contribution in [3.63, 3.8) is 0 Å². The van der Waals surface area contributed by atoms with Gasteiger partial charge in [-0.1, -0.05) is 23.5 Å². The molecule has 5 rings (SSSR count). The van der Waals surface area contributed by atoms with Crippen LogP contribution in [0, 0.1) is 12.8 Å². The average molecular weight is 473 g/mol. The van der Waals surface area contributed by atoms with Crippen molar-refractivity contribution in [1.29, 1.82) is 0 Å². The number of carbonyl (C=O) groups excluding carboxylic acids is 1. The van der Waals surface area contributed by atoms with Crippen LogP contribution < -0.4 is 5.32 Å². The van der Waals surface area contributed by atoms with Gasteiger partial charge in [-0.25, -0.2) is 4.98 Å². The minimum absolute atomic E-state index is 0.0585. The van der Waals surface area contributed by atoms with Crippen molar-refractivity contribution in [1.82, 2.24) is 25.1 Å². The normalized spacial score (nSPS) is 15.4. The van der Waals surface area contributed by atoms with Crippen LogP contribution in [0.2, 0.25) is 0 Å². The lowest BCUT2D eigenvalue weighted by Crippen LogP contribution is -2.31. The number of fused-ring (bicyclic) bond motifs is 1. The maximum absolute atomic E-state index is 12.6. The number of carbonyl (C=O) groups is 1. The van der Waals surface area contributed by atoms with E-state index in [1.807, 2.05) is 37.3 Å². The molecule has 1 saturated heterocycles. The molecule has 0 aliphatic carbocycles. The van der Waals surface area contributed by atoms with E-state index in [1.54, 1.807) is 6.20 Å². The summed E-state index contributed by atoms with van der Waals surface area (Å²) >= 11 is 1.52. The molecular formula is C26H28N6OS. The third-order valence-electron chi connectivity index (χ3n) is 6.31. The summed E-state index contributed by atoms with van der Waals surface area (Å²) in [4.78, 5) is 24.9. The fourth-order valence-electron chi connectivity index (χ4n) is 4.36. The molecule has 1 aliphatic heterocycles. The zero-order valence-corrected chi connectivity index (χ0v) is 20.2. The molecule has 1 aromatic carbocycles. The second-order valence-corrected chi connectivity index (χ2v) is 9.89. The highest BCUT2D eigenvalue weighted by atomic mass is 32.1. The second kappa shape index (κ2) is 9.87. The van der Waals surface area contributed by atoms with E-state index < -0.39 is 0 Å². The highest BCUT2D eigenvalue weighted by Crippen LogP contribution is 2.35. The largest absolute Gasteiger partial charge is 0.306 e. The van der Waals surface area contributed by atoms with Crippen LogP contribution in [0.25, 0.3) is 33.5 Å². The van der Waals surface area contributed by atoms with Crippen LogP contribution in [-0.2, 0) is 4.79 Å². The molecule has 34 heavy (non-hydrogen) atoms. The van der Waals surface area contributed by atoms with Crippen molar-refractivity contribution in [3.05, 3.63) is 59.7 Å². The van der Waals surface area contributed by atoms with Gasteiger partial charge in [-0.2, -0.15) is 5.10 Å². The minimum atomic E-state index is 0.0585. The molecule has 0 saturated carbocycles. The first-order chi connectivity index (χ1) is 16.5. The predicted octanol–water partition coefficient (Wildman–Crippen LogP) is 5.23. The number of aromatic nitrogens is 4. The Morgan fingerprint density at radius 1 is 1.24 bits per heavy atom. The molecule has 0 atom stereocenters. The standard InChI is InChI=1S/C26H28N6OS/c1-17-25(34-26(28-17)29-24(33)15-18-10-13-32(2)14-11-18)19-6-8-21-22(30-31-23(21)16-19)9-7-20-5-3-4-12-27-20/h3-9,12,16,18H,10-11,13-15H2,1-2H3,(H,30,31)(H,28,29,33). The number of thiazole rings is 1. The molecule has 4 heterocycles. The number of nitrogens with one attached hydrogen (secondary N) is 2. The number of nitrogens with zero attached hydrogens (tertiary/aromatic N) is 4. The van der Waals surface area contributed by atoms with Gasteiger partial charge in [0.2, 0.25) is 5.91 Å². The van der Waals surface area contributed by atoms with Gasteiger partial charge in [-0.05, 0) is 87.8 Å². The van der Waals surface area contributed by atoms with Crippen molar-refractivity contribution >= 4 is 45.4 Å². The number of piperidine rings is 1. The SMILES string of the molecule is Cc1nc(NC(=O)CC2CCN(C)CC2)sc1-c1ccc2c(C=Cc3ccccn3)n[nH]c2c1. The van der Waals surface area contributed by atoms with E-state index in [-0.39, 0.29) is 5.91 Å². The average Bonchev–Trinajstić information content (AvgIpc) is 3.42. The summed E-state index contributed by atoms with van der Waals surface area (Å²) in [5, 5.41) is 12.3. The van der Waals surface area contributed by atoms with Gasteiger partial charge in [0.05, 0.1) is 27.5 Å². The molecule has 3 aromatic heterocycles. The maximum Gasteiger partial charge on any atom is 0.226 e. The topological polar surface area (TPSA) is 86.8 Å². The van der Waals surface area contributed by atoms with Gasteiger partial charge in [-0.3, -0.25) is 14.9 Å². The molecular weight excluding hydrogens is 444 g/mol. The highest BCUT2D eigenvalue weighted by molar-refractivity contribution is 7.19. The van der Waals surface area contributed by atoms with Gasteiger partial charge in [0.15, 0.2) is 5.13 Å².